The fourth-order valence-corrected chi connectivity index (χ4v) is 2.90. The molecule has 30 heavy (non-hydrogen) atoms. The Morgan fingerprint density at radius 3 is 2.40 bits per heavy atom. The minimum atomic E-state index is -0.835. The van der Waals surface area contributed by atoms with E-state index in [9.17, 15) is 14.9 Å². The van der Waals surface area contributed by atoms with Gasteiger partial charge in [-0.15, -0.1) is 0 Å². The first-order chi connectivity index (χ1) is 14.2. The molecule has 6 heteroatoms. The topological polar surface area (TPSA) is 82.4 Å². The van der Waals surface area contributed by atoms with Gasteiger partial charge in [0.15, 0.2) is 6.61 Å². The Hall–Kier alpha value is -3.59. The van der Waals surface area contributed by atoms with Crippen molar-refractivity contribution in [2.24, 2.45) is 0 Å². The summed E-state index contributed by atoms with van der Waals surface area (Å²) in [5.74, 6) is -1.06. The number of amides is 1. The minimum absolute atomic E-state index is 0.167. The number of esters is 1. The van der Waals surface area contributed by atoms with Gasteiger partial charge in [-0.25, -0.2) is 4.79 Å². The van der Waals surface area contributed by atoms with Crippen LogP contribution in [-0.2, 0) is 14.3 Å². The summed E-state index contributed by atoms with van der Waals surface area (Å²) in [6, 6.07) is 15.0. The van der Waals surface area contributed by atoms with E-state index in [1.54, 1.807) is 12.1 Å². The fourth-order valence-electron chi connectivity index (χ4n) is 2.90. The van der Waals surface area contributed by atoms with Crippen LogP contribution in [0.15, 0.2) is 48.0 Å². The van der Waals surface area contributed by atoms with E-state index >= 15 is 0 Å². The number of aryl methyl sites for hydroxylation is 1. The number of benzene rings is 2. The Morgan fingerprint density at radius 2 is 1.83 bits per heavy atom. The normalized spacial score (nSPS) is 11.0. The molecular weight excluding hydrogens is 378 g/mol. The molecule has 0 saturated heterocycles. The minimum Gasteiger partial charge on any atom is -0.451 e. The molecule has 0 aliphatic heterocycles. The third-order valence-corrected chi connectivity index (χ3v) is 4.59. The zero-order valence-electron chi connectivity index (χ0n) is 18.0. The molecule has 2 aromatic rings. The number of para-hydroxylation sites is 1. The molecule has 0 heterocycles. The molecule has 0 aliphatic carbocycles. The standard InChI is InChI=1S/C24H27N3O3/c1-16(2)21-8-6-7-17(3)23(21)26-22(28)15-30-24(29)19(14-25)13-18-9-11-20(12-10-18)27(4)5/h6-13,16H,15H2,1-5H3,(H,26,28)/b19-13+. The molecule has 0 saturated carbocycles. The molecule has 0 aromatic heterocycles. The summed E-state index contributed by atoms with van der Waals surface area (Å²) >= 11 is 0. The van der Waals surface area contributed by atoms with E-state index in [1.165, 1.54) is 6.08 Å². The summed E-state index contributed by atoms with van der Waals surface area (Å²) in [5, 5.41) is 12.1. The van der Waals surface area contributed by atoms with E-state index in [0.29, 0.717) is 5.56 Å². The molecule has 2 aromatic carbocycles. The molecule has 0 radical (unpaired) electrons. The van der Waals surface area contributed by atoms with Crippen LogP contribution in [0.1, 0.15) is 36.5 Å². The van der Waals surface area contributed by atoms with E-state index in [4.69, 9.17) is 4.74 Å². The summed E-state index contributed by atoms with van der Waals surface area (Å²) in [7, 11) is 3.85. The van der Waals surface area contributed by atoms with E-state index < -0.39 is 18.5 Å². The number of carbonyl (C=O) groups is 2. The Kier molecular flexibility index (Phi) is 7.76. The molecule has 0 aliphatic rings. The molecule has 0 bridgehead atoms. The first kappa shape index (κ1) is 22.7. The van der Waals surface area contributed by atoms with Crippen LogP contribution in [0.2, 0.25) is 0 Å². The number of nitrogens with zero attached hydrogens (tertiary/aromatic N) is 2. The van der Waals surface area contributed by atoms with Gasteiger partial charge in [-0.3, -0.25) is 4.79 Å². The van der Waals surface area contributed by atoms with Crippen LogP contribution in [0.5, 0.6) is 0 Å². The highest BCUT2D eigenvalue weighted by atomic mass is 16.5. The smallest absolute Gasteiger partial charge is 0.349 e. The average Bonchev–Trinajstić information content (AvgIpc) is 2.71. The monoisotopic (exact) mass is 405 g/mol. The molecule has 0 unspecified atom stereocenters. The third-order valence-electron chi connectivity index (χ3n) is 4.59. The van der Waals surface area contributed by atoms with Gasteiger partial charge < -0.3 is 15.0 Å². The summed E-state index contributed by atoms with van der Waals surface area (Å²) in [6.07, 6.45) is 1.44. The van der Waals surface area contributed by atoms with Gasteiger partial charge in [0.25, 0.3) is 5.91 Å². The Morgan fingerprint density at radius 1 is 1.17 bits per heavy atom. The number of nitriles is 1. The average molecular weight is 405 g/mol. The van der Waals surface area contributed by atoms with E-state index in [2.05, 4.69) is 5.32 Å². The van der Waals surface area contributed by atoms with Crippen LogP contribution in [-0.4, -0.2) is 32.6 Å². The van der Waals surface area contributed by atoms with Crippen LogP contribution in [0.3, 0.4) is 0 Å². The lowest BCUT2D eigenvalue weighted by molar-refractivity contribution is -0.142. The van der Waals surface area contributed by atoms with Gasteiger partial charge >= 0.3 is 5.97 Å². The summed E-state index contributed by atoms with van der Waals surface area (Å²) in [5.41, 5.74) is 4.19. The van der Waals surface area contributed by atoms with Gasteiger partial charge in [0, 0.05) is 25.5 Å². The second-order valence-corrected chi connectivity index (χ2v) is 7.47. The van der Waals surface area contributed by atoms with Gasteiger partial charge in [0.05, 0.1) is 0 Å². The van der Waals surface area contributed by atoms with Crippen LogP contribution in [0.4, 0.5) is 11.4 Å². The Balaban J connectivity index is 2.03. The largest absolute Gasteiger partial charge is 0.451 e. The highest BCUT2D eigenvalue weighted by Gasteiger charge is 2.16. The highest BCUT2D eigenvalue weighted by Crippen LogP contribution is 2.27. The third kappa shape index (κ3) is 5.95. The van der Waals surface area contributed by atoms with Crippen molar-refractivity contribution in [3.63, 3.8) is 0 Å². The predicted octanol–water partition coefficient (Wildman–Crippen LogP) is 4.27. The molecule has 2 rings (SSSR count). The maximum absolute atomic E-state index is 12.3. The van der Waals surface area contributed by atoms with Crippen molar-refractivity contribution in [2.75, 3.05) is 30.9 Å². The van der Waals surface area contributed by atoms with Gasteiger partial charge in [-0.1, -0.05) is 44.2 Å². The van der Waals surface area contributed by atoms with Crippen molar-refractivity contribution in [1.29, 1.82) is 5.26 Å². The lowest BCUT2D eigenvalue weighted by Gasteiger charge is -2.16. The second-order valence-electron chi connectivity index (χ2n) is 7.47. The number of rotatable bonds is 7. The highest BCUT2D eigenvalue weighted by molar-refractivity contribution is 6.00. The number of ether oxygens (including phenoxy) is 1. The molecule has 156 valence electrons. The van der Waals surface area contributed by atoms with E-state index in [1.807, 2.05) is 76.2 Å². The molecule has 0 atom stereocenters. The Labute approximate surface area is 177 Å². The summed E-state index contributed by atoms with van der Waals surface area (Å²) < 4.78 is 5.05. The van der Waals surface area contributed by atoms with Gasteiger partial charge in [-0.05, 0) is 47.7 Å². The predicted molar refractivity (Wildman–Crippen MR) is 119 cm³/mol. The van der Waals surface area contributed by atoms with Crippen molar-refractivity contribution in [1.82, 2.24) is 0 Å². The molecule has 1 N–H and O–H groups in total. The molecule has 0 fully saturated rings. The van der Waals surface area contributed by atoms with Crippen LogP contribution in [0.25, 0.3) is 6.08 Å². The fraction of sp³-hybridized carbons (Fsp3) is 0.292. The Bertz CT molecular complexity index is 984. The van der Waals surface area contributed by atoms with Crippen LogP contribution >= 0.6 is 0 Å². The number of anilines is 2. The zero-order chi connectivity index (χ0) is 22.3. The zero-order valence-corrected chi connectivity index (χ0v) is 18.0. The number of nitrogens with one attached hydrogen (secondary N) is 1. The lowest BCUT2D eigenvalue weighted by Crippen LogP contribution is -2.22. The number of hydrogen-bond donors (Lipinski definition) is 1. The van der Waals surface area contributed by atoms with Gasteiger partial charge in [0.1, 0.15) is 11.6 Å². The maximum Gasteiger partial charge on any atom is 0.349 e. The van der Waals surface area contributed by atoms with Crippen LogP contribution in [0, 0.1) is 18.3 Å². The quantitative estimate of drug-likeness (QED) is 0.422. The first-order valence-corrected chi connectivity index (χ1v) is 9.68. The van der Waals surface area contributed by atoms with E-state index in [-0.39, 0.29) is 11.5 Å². The number of hydrogen-bond acceptors (Lipinski definition) is 5. The first-order valence-electron chi connectivity index (χ1n) is 9.68. The van der Waals surface area contributed by atoms with Crippen molar-refractivity contribution in [3.8, 4) is 6.07 Å². The van der Waals surface area contributed by atoms with Gasteiger partial charge in [-0.2, -0.15) is 5.26 Å². The maximum atomic E-state index is 12.3. The van der Waals surface area contributed by atoms with Crippen molar-refractivity contribution >= 4 is 29.3 Å². The van der Waals surface area contributed by atoms with E-state index in [0.717, 1.165) is 22.5 Å². The molecule has 6 nitrogen and oxygen atoms in total. The van der Waals surface area contributed by atoms with Crippen molar-refractivity contribution in [2.45, 2.75) is 26.7 Å². The molecule has 1 amide bonds. The summed E-state index contributed by atoms with van der Waals surface area (Å²) in [6.45, 7) is 5.52. The number of carbonyl (C=O) groups excluding carboxylic acids is 2. The van der Waals surface area contributed by atoms with Crippen molar-refractivity contribution < 1.29 is 14.3 Å². The van der Waals surface area contributed by atoms with Gasteiger partial charge in [0.2, 0.25) is 0 Å². The molecule has 0 spiro atoms. The van der Waals surface area contributed by atoms with Crippen molar-refractivity contribution in [3.05, 3.63) is 64.7 Å². The second kappa shape index (κ2) is 10.3. The summed E-state index contributed by atoms with van der Waals surface area (Å²) in [4.78, 5) is 26.5. The SMILES string of the molecule is Cc1cccc(C(C)C)c1NC(=O)COC(=O)/C(C#N)=C/c1ccc(N(C)C)cc1. The lowest BCUT2D eigenvalue weighted by atomic mass is 9.98. The van der Waals surface area contributed by atoms with Crippen LogP contribution < -0.4 is 10.2 Å². The molecular formula is C24H27N3O3.